The van der Waals surface area contributed by atoms with E-state index in [1.165, 1.54) is 0 Å². The lowest BCUT2D eigenvalue weighted by atomic mass is 10.4. The van der Waals surface area contributed by atoms with Gasteiger partial charge in [0, 0.05) is 0 Å². The number of nitrogens with one attached hydrogen (secondary N) is 1. The van der Waals surface area contributed by atoms with Gasteiger partial charge in [-0.3, -0.25) is 14.9 Å². The average Bonchev–Trinajstić information content (AvgIpc) is 2.23. The second-order valence-electron chi connectivity index (χ2n) is 3.84. The number of hydrogen-bond donors (Lipinski definition) is 1. The predicted molar refractivity (Wildman–Crippen MR) is 64.4 cm³/mol. The molecule has 0 aromatic carbocycles. The van der Waals surface area contributed by atoms with Gasteiger partial charge in [-0.2, -0.15) is 0 Å². The second kappa shape index (κ2) is 8.52. The van der Waals surface area contributed by atoms with Crippen LogP contribution in [0.2, 0.25) is 0 Å². The molecule has 0 amide bonds. The topological polar surface area (TPSA) is 64.6 Å². The minimum Gasteiger partial charge on any atom is -0.460 e. The molecule has 0 atom stereocenters. The lowest BCUT2D eigenvalue weighted by molar-refractivity contribution is -0.143. The van der Waals surface area contributed by atoms with Gasteiger partial charge < -0.3 is 9.47 Å². The average molecular weight is 241 g/mol. The third-order valence-electron chi connectivity index (χ3n) is 1.50. The molecule has 0 heterocycles. The molecule has 0 aliphatic rings. The van der Waals surface area contributed by atoms with Crippen molar-refractivity contribution in [1.82, 2.24) is 5.32 Å². The number of esters is 2. The number of rotatable bonds is 8. The summed E-state index contributed by atoms with van der Waals surface area (Å²) in [7, 11) is 0. The Morgan fingerprint density at radius 2 is 1.29 bits per heavy atom. The maximum Gasteiger partial charge on any atom is 0.320 e. The lowest BCUT2D eigenvalue weighted by Gasteiger charge is -2.06. The zero-order valence-corrected chi connectivity index (χ0v) is 10.4. The number of ether oxygens (including phenoxy) is 2. The molecule has 0 rings (SSSR count). The van der Waals surface area contributed by atoms with Gasteiger partial charge in [0.15, 0.2) is 0 Å². The molecular formula is C12H19NO4. The van der Waals surface area contributed by atoms with Crippen molar-refractivity contribution in [2.45, 2.75) is 13.8 Å². The third kappa shape index (κ3) is 10.7. The zero-order valence-electron chi connectivity index (χ0n) is 10.4. The SMILES string of the molecule is C=C(C)COC(=O)CNCC(=O)OCC(=C)C. The van der Waals surface area contributed by atoms with Crippen molar-refractivity contribution < 1.29 is 19.1 Å². The Morgan fingerprint density at radius 1 is 0.941 bits per heavy atom. The van der Waals surface area contributed by atoms with Crippen molar-refractivity contribution in [3.63, 3.8) is 0 Å². The molecule has 0 fully saturated rings. The van der Waals surface area contributed by atoms with Gasteiger partial charge in [-0.15, -0.1) is 0 Å². The van der Waals surface area contributed by atoms with Crippen LogP contribution >= 0.6 is 0 Å². The van der Waals surface area contributed by atoms with Crippen molar-refractivity contribution in [2.24, 2.45) is 0 Å². The van der Waals surface area contributed by atoms with E-state index in [1.807, 2.05) is 0 Å². The van der Waals surface area contributed by atoms with E-state index in [-0.39, 0.29) is 26.3 Å². The molecule has 96 valence electrons. The van der Waals surface area contributed by atoms with Crippen molar-refractivity contribution in [3.05, 3.63) is 24.3 Å². The Balaban J connectivity index is 3.55. The normalized spacial score (nSPS) is 9.53. The first-order valence-corrected chi connectivity index (χ1v) is 5.22. The minimum absolute atomic E-state index is 0.0323. The van der Waals surface area contributed by atoms with Gasteiger partial charge in [-0.05, 0) is 25.0 Å². The zero-order chi connectivity index (χ0) is 13.3. The summed E-state index contributed by atoms with van der Waals surface area (Å²) in [4.78, 5) is 22.2. The molecule has 0 aliphatic heterocycles. The van der Waals surface area contributed by atoms with Crippen LogP contribution < -0.4 is 5.32 Å². The van der Waals surface area contributed by atoms with E-state index < -0.39 is 11.9 Å². The molecule has 5 nitrogen and oxygen atoms in total. The van der Waals surface area contributed by atoms with E-state index in [0.29, 0.717) is 0 Å². The van der Waals surface area contributed by atoms with Gasteiger partial charge in [0.1, 0.15) is 13.2 Å². The van der Waals surface area contributed by atoms with E-state index in [0.717, 1.165) is 11.1 Å². The monoisotopic (exact) mass is 241 g/mol. The first-order valence-electron chi connectivity index (χ1n) is 5.22. The van der Waals surface area contributed by atoms with Crippen LogP contribution in [0.4, 0.5) is 0 Å². The molecule has 0 saturated heterocycles. The molecule has 17 heavy (non-hydrogen) atoms. The summed E-state index contributed by atoms with van der Waals surface area (Å²) in [6.45, 7) is 11.0. The van der Waals surface area contributed by atoms with E-state index in [2.05, 4.69) is 18.5 Å². The van der Waals surface area contributed by atoms with Crippen LogP contribution in [0, 0.1) is 0 Å². The van der Waals surface area contributed by atoms with Crippen molar-refractivity contribution in [1.29, 1.82) is 0 Å². The summed E-state index contributed by atoms with van der Waals surface area (Å²) in [5.41, 5.74) is 1.53. The van der Waals surface area contributed by atoms with E-state index in [9.17, 15) is 9.59 Å². The Labute approximate surface area is 101 Å². The van der Waals surface area contributed by atoms with Gasteiger partial charge in [0.25, 0.3) is 0 Å². The van der Waals surface area contributed by atoms with E-state index >= 15 is 0 Å². The summed E-state index contributed by atoms with van der Waals surface area (Å²) < 4.78 is 9.63. The quantitative estimate of drug-likeness (QED) is 0.503. The summed E-state index contributed by atoms with van der Waals surface area (Å²) in [6, 6.07) is 0. The lowest BCUT2D eigenvalue weighted by Crippen LogP contribution is -2.31. The fourth-order valence-electron chi connectivity index (χ4n) is 0.776. The standard InChI is InChI=1S/C12H19NO4/c1-9(2)7-16-11(14)5-13-6-12(15)17-8-10(3)4/h13H,1,3,5-8H2,2,4H3. The molecule has 0 bridgehead atoms. The molecule has 0 unspecified atom stereocenters. The van der Waals surface area contributed by atoms with Crippen LogP contribution in [0.1, 0.15) is 13.8 Å². The van der Waals surface area contributed by atoms with E-state index in [1.54, 1.807) is 13.8 Å². The molecule has 1 N–H and O–H groups in total. The molecule has 0 radical (unpaired) electrons. The molecular weight excluding hydrogens is 222 g/mol. The second-order valence-corrected chi connectivity index (χ2v) is 3.84. The Kier molecular flexibility index (Phi) is 7.71. The van der Waals surface area contributed by atoms with Gasteiger partial charge >= 0.3 is 11.9 Å². The fraction of sp³-hybridized carbons (Fsp3) is 0.500. The summed E-state index contributed by atoms with van der Waals surface area (Å²) in [6.07, 6.45) is 0. The van der Waals surface area contributed by atoms with Crippen molar-refractivity contribution in [2.75, 3.05) is 26.3 Å². The smallest absolute Gasteiger partial charge is 0.320 e. The molecule has 5 heteroatoms. The molecule has 0 aromatic heterocycles. The Morgan fingerprint density at radius 3 is 1.59 bits per heavy atom. The fourth-order valence-corrected chi connectivity index (χ4v) is 0.776. The van der Waals surface area contributed by atoms with Crippen molar-refractivity contribution in [3.8, 4) is 0 Å². The first kappa shape index (κ1) is 15.4. The summed E-state index contributed by atoms with van der Waals surface area (Å²) in [5.74, 6) is -0.860. The Bertz CT molecular complexity index is 280. The summed E-state index contributed by atoms with van der Waals surface area (Å²) in [5, 5.41) is 2.62. The number of carbonyl (C=O) groups is 2. The predicted octanol–water partition coefficient (Wildman–Crippen LogP) is 0.815. The van der Waals surface area contributed by atoms with Crippen LogP contribution in [0.15, 0.2) is 24.3 Å². The molecule has 0 saturated carbocycles. The van der Waals surface area contributed by atoms with E-state index in [4.69, 9.17) is 9.47 Å². The first-order chi connectivity index (χ1) is 7.91. The maximum absolute atomic E-state index is 11.1. The third-order valence-corrected chi connectivity index (χ3v) is 1.50. The van der Waals surface area contributed by atoms with Crippen LogP contribution in [0.5, 0.6) is 0 Å². The van der Waals surface area contributed by atoms with Gasteiger partial charge in [-0.1, -0.05) is 13.2 Å². The highest BCUT2D eigenvalue weighted by atomic mass is 16.5. The minimum atomic E-state index is -0.430. The van der Waals surface area contributed by atoms with Gasteiger partial charge in [0.05, 0.1) is 13.1 Å². The largest absolute Gasteiger partial charge is 0.460 e. The van der Waals surface area contributed by atoms with Crippen molar-refractivity contribution >= 4 is 11.9 Å². The van der Waals surface area contributed by atoms with Crippen LogP contribution in [0.3, 0.4) is 0 Å². The molecule has 0 aromatic rings. The highest BCUT2D eigenvalue weighted by molar-refractivity contribution is 5.75. The maximum atomic E-state index is 11.1. The molecule has 0 spiro atoms. The Hall–Kier alpha value is -1.62. The number of carbonyl (C=O) groups excluding carboxylic acids is 2. The van der Waals surface area contributed by atoms with Crippen LogP contribution in [-0.2, 0) is 19.1 Å². The van der Waals surface area contributed by atoms with Crippen LogP contribution in [0.25, 0.3) is 0 Å². The number of hydrogen-bond acceptors (Lipinski definition) is 5. The van der Waals surface area contributed by atoms with Crippen LogP contribution in [-0.4, -0.2) is 38.2 Å². The molecule has 0 aliphatic carbocycles. The highest BCUT2D eigenvalue weighted by Gasteiger charge is 2.06. The highest BCUT2D eigenvalue weighted by Crippen LogP contribution is 1.89. The summed E-state index contributed by atoms with van der Waals surface area (Å²) >= 11 is 0. The van der Waals surface area contributed by atoms with Gasteiger partial charge in [0.2, 0.25) is 0 Å². The van der Waals surface area contributed by atoms with Gasteiger partial charge in [-0.25, -0.2) is 0 Å².